The number of nitrogens with zero attached hydrogens (tertiary/aromatic N) is 2. The van der Waals surface area contributed by atoms with Crippen LogP contribution >= 0.6 is 11.8 Å². The zero-order valence-corrected chi connectivity index (χ0v) is 13.4. The molecule has 0 aliphatic heterocycles. The number of hydrogen-bond acceptors (Lipinski definition) is 5. The minimum atomic E-state index is -0.362. The number of nitrogens with one attached hydrogen (secondary N) is 1. The molecule has 0 aliphatic carbocycles. The number of anilines is 1. The van der Waals surface area contributed by atoms with Crippen molar-refractivity contribution in [1.82, 2.24) is 4.90 Å². The second kappa shape index (κ2) is 10.2. The van der Waals surface area contributed by atoms with Crippen LogP contribution in [0.15, 0.2) is 35.5 Å². The van der Waals surface area contributed by atoms with Gasteiger partial charge in [0.2, 0.25) is 0 Å². The summed E-state index contributed by atoms with van der Waals surface area (Å²) in [5, 5.41) is 14.8. The molecule has 6 heteroatoms. The smallest absolute Gasteiger partial charge is 0.274 e. The Kier molecular flexibility index (Phi) is 8.54. The van der Waals surface area contributed by atoms with Crippen molar-refractivity contribution in [3.63, 3.8) is 0 Å². The Hall–Kier alpha value is -1.53. The third-order valence-corrected chi connectivity index (χ3v) is 4.05. The Labute approximate surface area is 130 Å². The highest BCUT2D eigenvalue weighted by molar-refractivity contribution is 8.00. The Morgan fingerprint density at radius 3 is 2.52 bits per heavy atom. The summed E-state index contributed by atoms with van der Waals surface area (Å²) >= 11 is 1.59. The summed E-state index contributed by atoms with van der Waals surface area (Å²) in [4.78, 5) is 14.3. The number of rotatable bonds is 9. The number of oxime groups is 1. The van der Waals surface area contributed by atoms with E-state index in [0.29, 0.717) is 11.4 Å². The molecule has 0 aromatic heterocycles. The van der Waals surface area contributed by atoms with E-state index in [9.17, 15) is 4.79 Å². The first-order chi connectivity index (χ1) is 10.2. The Balaban J connectivity index is 2.36. The predicted octanol–water partition coefficient (Wildman–Crippen LogP) is 2.53. The van der Waals surface area contributed by atoms with Gasteiger partial charge in [-0.05, 0) is 25.2 Å². The van der Waals surface area contributed by atoms with Crippen LogP contribution in [0.3, 0.4) is 0 Å². The number of carbonyl (C=O) groups excluding carboxylic acids is 1. The lowest BCUT2D eigenvalue weighted by atomic mass is 10.3. The summed E-state index contributed by atoms with van der Waals surface area (Å²) in [5.74, 6) is 0.939. The zero-order chi connectivity index (χ0) is 15.5. The van der Waals surface area contributed by atoms with Crippen LogP contribution in [0.1, 0.15) is 13.8 Å². The van der Waals surface area contributed by atoms with Crippen LogP contribution in [0.2, 0.25) is 0 Å². The summed E-state index contributed by atoms with van der Waals surface area (Å²) in [6.07, 6.45) is 0. The Bertz CT molecular complexity index is 447. The first kappa shape index (κ1) is 17.5. The molecule has 116 valence electrons. The molecule has 1 amide bonds. The maximum absolute atomic E-state index is 12.0. The number of thioether (sulfide) groups is 1. The highest BCUT2D eigenvalue weighted by Crippen LogP contribution is 2.07. The number of amides is 1. The van der Waals surface area contributed by atoms with Gasteiger partial charge < -0.3 is 15.4 Å². The van der Waals surface area contributed by atoms with Gasteiger partial charge in [-0.25, -0.2) is 0 Å². The molecular formula is C15H23N3O2S. The van der Waals surface area contributed by atoms with Crippen LogP contribution in [0.5, 0.6) is 0 Å². The fraction of sp³-hybridized carbons (Fsp3) is 0.467. The molecule has 1 aromatic carbocycles. The van der Waals surface area contributed by atoms with Gasteiger partial charge in [0, 0.05) is 23.7 Å². The van der Waals surface area contributed by atoms with Crippen molar-refractivity contribution in [1.29, 1.82) is 0 Å². The topological polar surface area (TPSA) is 64.9 Å². The number of benzene rings is 1. The van der Waals surface area contributed by atoms with Gasteiger partial charge in [-0.3, -0.25) is 4.79 Å². The van der Waals surface area contributed by atoms with Crippen LogP contribution in [0, 0.1) is 0 Å². The van der Waals surface area contributed by atoms with Crippen molar-refractivity contribution >= 4 is 29.1 Å². The molecular weight excluding hydrogens is 286 g/mol. The van der Waals surface area contributed by atoms with E-state index in [1.807, 2.05) is 18.2 Å². The average molecular weight is 309 g/mol. The average Bonchev–Trinajstić information content (AvgIpc) is 2.52. The fourth-order valence-corrected chi connectivity index (χ4v) is 2.68. The van der Waals surface area contributed by atoms with Crippen molar-refractivity contribution in [3.8, 4) is 0 Å². The minimum absolute atomic E-state index is 0.142. The SMILES string of the molecule is CCN(CC)CCSCC(=NO)C(=O)Nc1ccccc1. The third-order valence-electron chi connectivity index (χ3n) is 3.10. The number of carbonyl (C=O) groups is 1. The van der Waals surface area contributed by atoms with Gasteiger partial charge >= 0.3 is 0 Å². The second-order valence-corrected chi connectivity index (χ2v) is 5.55. The molecule has 0 bridgehead atoms. The van der Waals surface area contributed by atoms with Gasteiger partial charge in [0.15, 0.2) is 5.71 Å². The molecule has 0 unspecified atom stereocenters. The van der Waals surface area contributed by atoms with E-state index in [0.717, 1.165) is 25.4 Å². The normalized spacial score (nSPS) is 11.7. The van der Waals surface area contributed by atoms with Gasteiger partial charge in [-0.15, -0.1) is 0 Å². The van der Waals surface area contributed by atoms with Crippen molar-refractivity contribution in [3.05, 3.63) is 30.3 Å². The molecule has 0 saturated heterocycles. The summed E-state index contributed by atoms with van der Waals surface area (Å²) in [5.41, 5.74) is 0.834. The minimum Gasteiger partial charge on any atom is -0.410 e. The van der Waals surface area contributed by atoms with E-state index in [-0.39, 0.29) is 11.6 Å². The predicted molar refractivity (Wildman–Crippen MR) is 89.4 cm³/mol. The third kappa shape index (κ3) is 6.64. The van der Waals surface area contributed by atoms with Gasteiger partial charge in [-0.1, -0.05) is 37.2 Å². The first-order valence-electron chi connectivity index (χ1n) is 7.08. The van der Waals surface area contributed by atoms with E-state index < -0.39 is 0 Å². The summed E-state index contributed by atoms with van der Waals surface area (Å²) in [6, 6.07) is 9.13. The van der Waals surface area contributed by atoms with Gasteiger partial charge in [0.25, 0.3) is 5.91 Å². The molecule has 0 atom stereocenters. The first-order valence-corrected chi connectivity index (χ1v) is 8.24. The number of para-hydroxylation sites is 1. The molecule has 1 rings (SSSR count). The Morgan fingerprint density at radius 1 is 1.29 bits per heavy atom. The monoisotopic (exact) mass is 309 g/mol. The second-order valence-electron chi connectivity index (χ2n) is 4.45. The highest BCUT2D eigenvalue weighted by atomic mass is 32.2. The Morgan fingerprint density at radius 2 is 1.95 bits per heavy atom. The fourth-order valence-electron chi connectivity index (χ4n) is 1.77. The van der Waals surface area contributed by atoms with E-state index in [1.165, 1.54) is 0 Å². The van der Waals surface area contributed by atoms with E-state index in [2.05, 4.69) is 29.2 Å². The van der Waals surface area contributed by atoms with E-state index in [4.69, 9.17) is 5.21 Å². The molecule has 1 aromatic rings. The molecule has 2 N–H and O–H groups in total. The molecule has 5 nitrogen and oxygen atoms in total. The van der Waals surface area contributed by atoms with Gasteiger partial charge in [0.05, 0.1) is 0 Å². The van der Waals surface area contributed by atoms with Crippen molar-refractivity contribution in [2.24, 2.45) is 5.16 Å². The van der Waals surface area contributed by atoms with Gasteiger partial charge in [-0.2, -0.15) is 11.8 Å². The lowest BCUT2D eigenvalue weighted by molar-refractivity contribution is -0.110. The van der Waals surface area contributed by atoms with Crippen molar-refractivity contribution in [2.45, 2.75) is 13.8 Å². The van der Waals surface area contributed by atoms with Crippen LogP contribution in [0.4, 0.5) is 5.69 Å². The van der Waals surface area contributed by atoms with Crippen molar-refractivity contribution < 1.29 is 10.0 Å². The standard InChI is InChI=1S/C15H23N3O2S/c1-3-18(4-2)10-11-21-12-14(17-20)15(19)16-13-8-6-5-7-9-13/h5-9,20H,3-4,10-12H2,1-2H3,(H,16,19). The maximum atomic E-state index is 12.0. The van der Waals surface area contributed by atoms with Crippen LogP contribution in [-0.4, -0.2) is 52.9 Å². The maximum Gasteiger partial charge on any atom is 0.274 e. The highest BCUT2D eigenvalue weighted by Gasteiger charge is 2.12. The summed E-state index contributed by atoms with van der Waals surface area (Å²) < 4.78 is 0. The van der Waals surface area contributed by atoms with Gasteiger partial charge in [0.1, 0.15) is 0 Å². The molecule has 21 heavy (non-hydrogen) atoms. The molecule has 0 heterocycles. The lowest BCUT2D eigenvalue weighted by Crippen LogP contribution is -2.27. The summed E-state index contributed by atoms with van der Waals surface area (Å²) in [6.45, 7) is 7.26. The molecule has 0 spiro atoms. The van der Waals surface area contributed by atoms with Crippen LogP contribution in [0.25, 0.3) is 0 Å². The quantitative estimate of drug-likeness (QED) is 0.318. The van der Waals surface area contributed by atoms with Crippen LogP contribution < -0.4 is 5.32 Å². The summed E-state index contributed by atoms with van der Waals surface area (Å²) in [7, 11) is 0. The van der Waals surface area contributed by atoms with E-state index in [1.54, 1.807) is 23.9 Å². The lowest BCUT2D eigenvalue weighted by Gasteiger charge is -2.17. The van der Waals surface area contributed by atoms with E-state index >= 15 is 0 Å². The van der Waals surface area contributed by atoms with Crippen molar-refractivity contribution in [2.75, 3.05) is 36.5 Å². The molecule has 0 saturated carbocycles. The zero-order valence-electron chi connectivity index (χ0n) is 12.6. The largest absolute Gasteiger partial charge is 0.410 e. The molecule has 0 fully saturated rings. The number of hydrogen-bond donors (Lipinski definition) is 2. The molecule has 0 aliphatic rings. The van der Waals surface area contributed by atoms with Crippen LogP contribution in [-0.2, 0) is 4.79 Å². The molecule has 0 radical (unpaired) electrons.